The summed E-state index contributed by atoms with van der Waals surface area (Å²) in [6, 6.07) is 6.77. The number of nitrogens with one attached hydrogen (secondary N) is 2. The molecule has 1 aliphatic rings. The van der Waals surface area contributed by atoms with E-state index in [2.05, 4.69) is 20.8 Å². The number of hydrogen-bond acceptors (Lipinski definition) is 9. The summed E-state index contributed by atoms with van der Waals surface area (Å²) in [5.41, 5.74) is 3.20. The third kappa shape index (κ3) is 5.82. The van der Waals surface area contributed by atoms with Crippen LogP contribution in [0.2, 0.25) is 5.02 Å². The van der Waals surface area contributed by atoms with Crippen molar-refractivity contribution < 1.29 is 30.3 Å². The van der Waals surface area contributed by atoms with Crippen molar-refractivity contribution in [2.24, 2.45) is 10.1 Å². The number of nitrogens with zero attached hydrogens (tertiary/aromatic N) is 2. The van der Waals surface area contributed by atoms with E-state index in [0.717, 1.165) is 6.21 Å². The van der Waals surface area contributed by atoms with Crippen LogP contribution in [0, 0.1) is 0 Å². The van der Waals surface area contributed by atoms with Crippen molar-refractivity contribution >= 4 is 35.8 Å². The largest absolute Gasteiger partial charge is 0.394 e. The van der Waals surface area contributed by atoms with Gasteiger partial charge in [-0.1, -0.05) is 23.7 Å². The van der Waals surface area contributed by atoms with E-state index < -0.39 is 36.9 Å². The van der Waals surface area contributed by atoms with Crippen LogP contribution in [0.4, 0.5) is 0 Å². The molecule has 27 heavy (non-hydrogen) atoms. The zero-order valence-electron chi connectivity index (χ0n) is 13.9. The molecule has 0 spiro atoms. The minimum Gasteiger partial charge on any atom is -0.394 e. The summed E-state index contributed by atoms with van der Waals surface area (Å²) in [7, 11) is 0. The number of carbonyl (C=O) groups excluding carboxylic acids is 1. The first kappa shape index (κ1) is 21.0. The zero-order valence-corrected chi connectivity index (χ0v) is 14.7. The summed E-state index contributed by atoms with van der Waals surface area (Å²) in [4.78, 5) is 15.9. The molecular weight excluding hydrogens is 380 g/mol. The number of guanidine groups is 1. The number of aliphatic hydroxyl groups excluding tert-OH is 5. The second kappa shape index (κ2) is 9.55. The van der Waals surface area contributed by atoms with Gasteiger partial charge in [-0.15, -0.1) is 0 Å². The fourth-order valence-corrected chi connectivity index (χ4v) is 2.16. The minimum atomic E-state index is -1.78. The smallest absolute Gasteiger partial charge is 0.276 e. The van der Waals surface area contributed by atoms with E-state index in [1.54, 1.807) is 24.3 Å². The number of halogens is 1. The zero-order chi connectivity index (χ0) is 20.0. The molecule has 7 N–H and O–H groups in total. The number of hydrazone groups is 1. The molecule has 1 aromatic rings. The highest BCUT2D eigenvalue weighted by Gasteiger charge is 2.29. The molecule has 0 aliphatic carbocycles. The lowest BCUT2D eigenvalue weighted by Crippen LogP contribution is -2.46. The van der Waals surface area contributed by atoms with Gasteiger partial charge in [0.15, 0.2) is 0 Å². The maximum absolute atomic E-state index is 11.9. The molecule has 2 rings (SSSR count). The number of rotatable bonds is 7. The van der Waals surface area contributed by atoms with E-state index in [4.69, 9.17) is 16.7 Å². The molecular formula is C16H19ClN4O6. The van der Waals surface area contributed by atoms with Gasteiger partial charge in [0.2, 0.25) is 5.96 Å². The Bertz CT molecular complexity index is 752. The van der Waals surface area contributed by atoms with Crippen LogP contribution in [-0.4, -0.2) is 74.6 Å². The fourth-order valence-electron chi connectivity index (χ4n) is 2.04. The Hall–Kier alpha value is -2.34. The molecule has 0 aromatic heterocycles. The van der Waals surface area contributed by atoms with Crippen molar-refractivity contribution in [2.75, 3.05) is 6.61 Å². The Morgan fingerprint density at radius 3 is 2.48 bits per heavy atom. The summed E-state index contributed by atoms with van der Waals surface area (Å²) >= 11 is 5.80. The average Bonchev–Trinajstić information content (AvgIpc) is 3.00. The van der Waals surface area contributed by atoms with Crippen LogP contribution >= 0.6 is 11.6 Å². The summed E-state index contributed by atoms with van der Waals surface area (Å²) < 4.78 is 0. The number of carbonyl (C=O) groups is 1. The van der Waals surface area contributed by atoms with Gasteiger partial charge < -0.3 is 25.5 Å². The van der Waals surface area contributed by atoms with Gasteiger partial charge in [0.1, 0.15) is 30.1 Å². The lowest BCUT2D eigenvalue weighted by molar-refractivity contribution is -0.115. The van der Waals surface area contributed by atoms with Gasteiger partial charge in [-0.3, -0.25) is 10.1 Å². The number of benzene rings is 1. The van der Waals surface area contributed by atoms with Crippen molar-refractivity contribution in [2.45, 2.75) is 24.4 Å². The first-order chi connectivity index (χ1) is 12.8. The van der Waals surface area contributed by atoms with Crippen molar-refractivity contribution in [1.29, 1.82) is 0 Å². The third-order valence-corrected chi connectivity index (χ3v) is 3.80. The lowest BCUT2D eigenvalue weighted by Gasteiger charge is -2.23. The Balaban J connectivity index is 1.96. The molecule has 10 nitrogen and oxygen atoms in total. The normalized spacial score (nSPS) is 20.3. The van der Waals surface area contributed by atoms with Gasteiger partial charge in [-0.05, 0) is 23.8 Å². The predicted molar refractivity (Wildman–Crippen MR) is 97.7 cm³/mol. The van der Waals surface area contributed by atoms with Gasteiger partial charge >= 0.3 is 0 Å². The quantitative estimate of drug-likeness (QED) is 0.161. The molecule has 0 bridgehead atoms. The second-order valence-corrected chi connectivity index (χ2v) is 6.04. The molecule has 4 atom stereocenters. The standard InChI is InChI=1S/C16H19ClN4O6/c17-9-3-1-8(2-4-9)5-10-15(27)20-16(19-10)21-18-6-11(23)13(25)14(26)12(24)7-22/h1-6,11-14,22-26H,7H2,(H2,19,20,21,27)/b10-5-,18-6-/t11-,12+,13+,14+/m0/s1. The second-order valence-electron chi connectivity index (χ2n) is 5.61. The van der Waals surface area contributed by atoms with E-state index >= 15 is 0 Å². The van der Waals surface area contributed by atoms with E-state index in [-0.39, 0.29) is 11.7 Å². The monoisotopic (exact) mass is 398 g/mol. The maximum Gasteiger partial charge on any atom is 0.276 e. The van der Waals surface area contributed by atoms with Crippen LogP contribution in [0.25, 0.3) is 6.08 Å². The van der Waals surface area contributed by atoms with Crippen molar-refractivity contribution in [3.05, 3.63) is 40.5 Å². The summed E-state index contributed by atoms with van der Waals surface area (Å²) in [6.07, 6.45) is -4.43. The highest BCUT2D eigenvalue weighted by atomic mass is 35.5. The Labute approximate surface area is 159 Å². The number of aliphatic imine (C=N–C) groups is 1. The average molecular weight is 399 g/mol. The Morgan fingerprint density at radius 1 is 1.19 bits per heavy atom. The van der Waals surface area contributed by atoms with E-state index in [1.807, 2.05) is 0 Å². The molecule has 1 heterocycles. The lowest BCUT2D eigenvalue weighted by atomic mass is 10.0. The molecule has 0 radical (unpaired) electrons. The summed E-state index contributed by atoms with van der Waals surface area (Å²) in [6.45, 7) is -0.786. The highest BCUT2D eigenvalue weighted by Crippen LogP contribution is 2.14. The van der Waals surface area contributed by atoms with Crippen LogP contribution in [0.15, 0.2) is 40.1 Å². The first-order valence-electron chi connectivity index (χ1n) is 7.81. The van der Waals surface area contributed by atoms with Crippen molar-refractivity contribution in [3.8, 4) is 0 Å². The van der Waals surface area contributed by atoms with Gasteiger partial charge in [-0.2, -0.15) is 5.10 Å². The fraction of sp³-hybridized carbons (Fsp3) is 0.312. The molecule has 11 heteroatoms. The number of aliphatic hydroxyl groups is 5. The van der Waals surface area contributed by atoms with E-state index in [9.17, 15) is 25.2 Å². The van der Waals surface area contributed by atoms with E-state index in [1.165, 1.54) is 6.08 Å². The molecule has 0 unspecified atom stereocenters. The summed E-state index contributed by atoms with van der Waals surface area (Å²) in [5.74, 6) is -0.473. The minimum absolute atomic E-state index is 0.00547. The molecule has 0 saturated carbocycles. The topological polar surface area (TPSA) is 167 Å². The third-order valence-electron chi connectivity index (χ3n) is 3.55. The molecule has 1 amide bonds. The van der Waals surface area contributed by atoms with Crippen molar-refractivity contribution in [1.82, 2.24) is 10.7 Å². The Kier molecular flexibility index (Phi) is 7.42. The molecule has 0 fully saturated rings. The van der Waals surface area contributed by atoms with Gasteiger partial charge in [0, 0.05) is 5.02 Å². The van der Waals surface area contributed by atoms with Gasteiger partial charge in [0.05, 0.1) is 12.8 Å². The number of hydrogen-bond donors (Lipinski definition) is 7. The van der Waals surface area contributed by atoms with Gasteiger partial charge in [-0.25, -0.2) is 10.4 Å². The van der Waals surface area contributed by atoms with Crippen LogP contribution < -0.4 is 10.7 Å². The molecule has 1 aliphatic heterocycles. The van der Waals surface area contributed by atoms with E-state index in [0.29, 0.717) is 10.6 Å². The maximum atomic E-state index is 11.9. The first-order valence-corrected chi connectivity index (χ1v) is 8.19. The van der Waals surface area contributed by atoms with Crippen molar-refractivity contribution in [3.63, 3.8) is 0 Å². The van der Waals surface area contributed by atoms with Crippen LogP contribution in [0.5, 0.6) is 0 Å². The summed E-state index contributed by atoms with van der Waals surface area (Å²) in [5, 5.41) is 53.3. The van der Waals surface area contributed by atoms with Gasteiger partial charge in [0.25, 0.3) is 5.91 Å². The number of amides is 1. The van der Waals surface area contributed by atoms with Crippen LogP contribution in [-0.2, 0) is 4.79 Å². The SMILES string of the molecule is O=C1NC(N/N=C\[C@H](O)[C@@H](O)[C@H](O)[C@H](O)CO)=N/C1=C\c1ccc(Cl)cc1. The Morgan fingerprint density at radius 2 is 1.85 bits per heavy atom. The molecule has 1 aromatic carbocycles. The molecule has 146 valence electrons. The van der Waals surface area contributed by atoms with Crippen LogP contribution in [0.1, 0.15) is 5.56 Å². The molecule has 0 saturated heterocycles. The highest BCUT2D eigenvalue weighted by molar-refractivity contribution is 6.30. The predicted octanol–water partition coefficient (Wildman–Crippen LogP) is -1.82. The van der Waals surface area contributed by atoms with Crippen LogP contribution in [0.3, 0.4) is 0 Å².